The second-order valence-electron chi connectivity index (χ2n) is 6.05. The number of benzene rings is 2. The Labute approximate surface area is 169 Å². The minimum absolute atomic E-state index is 0.0331. The zero-order valence-electron chi connectivity index (χ0n) is 16.2. The Morgan fingerprint density at radius 2 is 1.52 bits per heavy atom. The zero-order chi connectivity index (χ0) is 21.1. The van der Waals surface area contributed by atoms with Crippen LogP contribution in [-0.2, 0) is 14.3 Å². The number of rotatable bonds is 10. The number of nitrogens with one attached hydrogen (secondary N) is 1. The summed E-state index contributed by atoms with van der Waals surface area (Å²) >= 11 is 0. The Kier molecular flexibility index (Phi) is 8.44. The highest BCUT2D eigenvalue weighted by molar-refractivity contribution is 6.08. The van der Waals surface area contributed by atoms with Gasteiger partial charge in [0.1, 0.15) is 25.6 Å². The third kappa shape index (κ3) is 7.50. The average Bonchev–Trinajstić information content (AvgIpc) is 2.74. The monoisotopic (exact) mass is 397 g/mol. The average molecular weight is 397 g/mol. The summed E-state index contributed by atoms with van der Waals surface area (Å²) in [7, 11) is 0. The van der Waals surface area contributed by atoms with Crippen LogP contribution in [0.2, 0.25) is 0 Å². The molecule has 2 aromatic rings. The maximum absolute atomic E-state index is 12.3. The normalized spacial score (nSPS) is 9.97. The fourth-order valence-electron chi connectivity index (χ4n) is 2.22. The maximum Gasteiger partial charge on any atom is 0.407 e. The van der Waals surface area contributed by atoms with Crippen LogP contribution in [0, 0.1) is 0 Å². The second kappa shape index (κ2) is 11.3. The Morgan fingerprint density at radius 1 is 0.862 bits per heavy atom. The smallest absolute Gasteiger partial charge is 0.407 e. The lowest BCUT2D eigenvalue weighted by Crippen LogP contribution is -2.29. The Morgan fingerprint density at radius 3 is 2.17 bits per heavy atom. The predicted octanol–water partition coefficient (Wildman–Crippen LogP) is 3.14. The quantitative estimate of drug-likeness (QED) is 0.287. The molecule has 0 radical (unpaired) electrons. The third-order valence-corrected chi connectivity index (χ3v) is 3.69. The zero-order valence-corrected chi connectivity index (χ0v) is 16.2. The van der Waals surface area contributed by atoms with Crippen molar-refractivity contribution in [3.8, 4) is 5.75 Å². The van der Waals surface area contributed by atoms with E-state index in [2.05, 4.69) is 11.9 Å². The van der Waals surface area contributed by atoms with Crippen molar-refractivity contribution < 1.29 is 28.6 Å². The lowest BCUT2D eigenvalue weighted by atomic mass is 10.0. The van der Waals surface area contributed by atoms with Gasteiger partial charge >= 0.3 is 12.1 Å². The molecule has 2 aromatic carbocycles. The van der Waals surface area contributed by atoms with Crippen LogP contribution in [0.15, 0.2) is 66.7 Å². The standard InChI is InChI=1S/C22H23NO6/c1-16(2)21(25)28-13-12-23-22(26)29-15-14-27-19-10-8-18(9-11-19)20(24)17-6-4-3-5-7-17/h3-11H,1,12-15H2,2H3,(H,23,26). The van der Waals surface area contributed by atoms with Crippen molar-refractivity contribution in [1.82, 2.24) is 5.32 Å². The number of alkyl carbamates (subject to hydrolysis) is 1. The van der Waals surface area contributed by atoms with E-state index in [1.54, 1.807) is 43.3 Å². The summed E-state index contributed by atoms with van der Waals surface area (Å²) in [5.41, 5.74) is 1.48. The van der Waals surface area contributed by atoms with Gasteiger partial charge in [0.15, 0.2) is 5.78 Å². The highest BCUT2D eigenvalue weighted by Crippen LogP contribution is 2.15. The number of ether oxygens (including phenoxy) is 3. The van der Waals surface area contributed by atoms with Crippen molar-refractivity contribution in [3.63, 3.8) is 0 Å². The molecule has 152 valence electrons. The number of carbonyl (C=O) groups is 3. The minimum atomic E-state index is -0.635. The Bertz CT molecular complexity index is 845. The fraction of sp³-hybridized carbons (Fsp3) is 0.227. The van der Waals surface area contributed by atoms with Crippen LogP contribution in [-0.4, -0.2) is 44.2 Å². The van der Waals surface area contributed by atoms with Crippen LogP contribution in [0.5, 0.6) is 5.75 Å². The molecule has 0 unspecified atom stereocenters. The first-order chi connectivity index (χ1) is 14.0. The van der Waals surface area contributed by atoms with E-state index in [9.17, 15) is 14.4 Å². The van der Waals surface area contributed by atoms with E-state index in [1.807, 2.05) is 18.2 Å². The van der Waals surface area contributed by atoms with Crippen molar-refractivity contribution in [2.24, 2.45) is 0 Å². The Hall–Kier alpha value is -3.61. The molecule has 0 aliphatic rings. The van der Waals surface area contributed by atoms with Gasteiger partial charge in [-0.15, -0.1) is 0 Å². The molecule has 7 heteroatoms. The van der Waals surface area contributed by atoms with Gasteiger partial charge in [0.25, 0.3) is 0 Å². The molecule has 7 nitrogen and oxygen atoms in total. The molecule has 0 spiro atoms. The van der Waals surface area contributed by atoms with Crippen molar-refractivity contribution >= 4 is 17.8 Å². The lowest BCUT2D eigenvalue weighted by molar-refractivity contribution is -0.138. The van der Waals surface area contributed by atoms with E-state index in [4.69, 9.17) is 14.2 Å². The van der Waals surface area contributed by atoms with Gasteiger partial charge in [-0.25, -0.2) is 9.59 Å². The van der Waals surface area contributed by atoms with Crippen molar-refractivity contribution in [2.45, 2.75) is 6.92 Å². The molecule has 0 bridgehead atoms. The minimum Gasteiger partial charge on any atom is -0.490 e. The first-order valence-electron chi connectivity index (χ1n) is 9.03. The van der Waals surface area contributed by atoms with Gasteiger partial charge in [0.05, 0.1) is 6.54 Å². The van der Waals surface area contributed by atoms with Gasteiger partial charge in [-0.3, -0.25) is 4.79 Å². The van der Waals surface area contributed by atoms with E-state index in [1.165, 1.54) is 0 Å². The van der Waals surface area contributed by atoms with Gasteiger partial charge in [-0.05, 0) is 31.2 Å². The Balaban J connectivity index is 1.64. The lowest BCUT2D eigenvalue weighted by Gasteiger charge is -2.09. The van der Waals surface area contributed by atoms with E-state index < -0.39 is 12.1 Å². The summed E-state index contributed by atoms with van der Waals surface area (Å²) in [6.45, 7) is 5.36. The van der Waals surface area contributed by atoms with Gasteiger partial charge in [0.2, 0.25) is 0 Å². The number of ketones is 1. The number of carbonyl (C=O) groups excluding carboxylic acids is 3. The van der Waals surface area contributed by atoms with Crippen LogP contribution in [0.3, 0.4) is 0 Å². The summed E-state index contributed by atoms with van der Waals surface area (Å²) in [4.78, 5) is 35.0. The predicted molar refractivity (Wildman–Crippen MR) is 107 cm³/mol. The van der Waals surface area contributed by atoms with Crippen LogP contribution in [0.1, 0.15) is 22.8 Å². The SMILES string of the molecule is C=C(C)C(=O)OCCNC(=O)OCCOc1ccc(C(=O)c2ccccc2)cc1. The fourth-order valence-corrected chi connectivity index (χ4v) is 2.22. The van der Waals surface area contributed by atoms with Crippen LogP contribution >= 0.6 is 0 Å². The first kappa shape index (κ1) is 21.7. The second-order valence-corrected chi connectivity index (χ2v) is 6.05. The molecule has 0 aromatic heterocycles. The van der Waals surface area contributed by atoms with E-state index in [-0.39, 0.29) is 32.1 Å². The largest absolute Gasteiger partial charge is 0.490 e. The molecule has 0 aliphatic heterocycles. The summed E-state index contributed by atoms with van der Waals surface area (Å²) in [6.07, 6.45) is -0.635. The molecule has 2 rings (SSSR count). The topological polar surface area (TPSA) is 90.9 Å². The molecule has 0 fully saturated rings. The van der Waals surface area contributed by atoms with Gasteiger partial charge in [-0.1, -0.05) is 36.9 Å². The van der Waals surface area contributed by atoms with E-state index in [0.29, 0.717) is 22.4 Å². The molecule has 0 saturated carbocycles. The van der Waals surface area contributed by atoms with Crippen molar-refractivity contribution in [3.05, 3.63) is 77.9 Å². The third-order valence-electron chi connectivity index (χ3n) is 3.69. The van der Waals surface area contributed by atoms with Crippen LogP contribution in [0.25, 0.3) is 0 Å². The van der Waals surface area contributed by atoms with Gasteiger partial charge < -0.3 is 19.5 Å². The van der Waals surface area contributed by atoms with Crippen molar-refractivity contribution in [1.29, 1.82) is 0 Å². The summed E-state index contributed by atoms with van der Waals surface area (Å²) in [6, 6.07) is 15.8. The summed E-state index contributed by atoms with van der Waals surface area (Å²) in [5, 5.41) is 2.45. The molecule has 1 N–H and O–H groups in total. The van der Waals surface area contributed by atoms with E-state index in [0.717, 1.165) is 0 Å². The number of hydrogen-bond acceptors (Lipinski definition) is 6. The summed E-state index contributed by atoms with van der Waals surface area (Å²) < 4.78 is 15.3. The van der Waals surface area contributed by atoms with Crippen molar-refractivity contribution in [2.75, 3.05) is 26.4 Å². The number of hydrogen-bond donors (Lipinski definition) is 1. The van der Waals surface area contributed by atoms with Crippen LogP contribution < -0.4 is 10.1 Å². The molecule has 0 atom stereocenters. The number of amides is 1. The van der Waals surface area contributed by atoms with E-state index >= 15 is 0 Å². The molecule has 0 saturated heterocycles. The molecular formula is C22H23NO6. The molecular weight excluding hydrogens is 374 g/mol. The molecule has 1 amide bonds. The highest BCUT2D eigenvalue weighted by Gasteiger charge is 2.08. The molecule has 0 aliphatic carbocycles. The molecule has 29 heavy (non-hydrogen) atoms. The number of esters is 1. The first-order valence-corrected chi connectivity index (χ1v) is 9.03. The molecule has 0 heterocycles. The van der Waals surface area contributed by atoms with Gasteiger partial charge in [-0.2, -0.15) is 0 Å². The van der Waals surface area contributed by atoms with Gasteiger partial charge in [0, 0.05) is 16.7 Å². The summed E-state index contributed by atoms with van der Waals surface area (Å²) in [5.74, 6) is -0.0125. The maximum atomic E-state index is 12.3. The van der Waals surface area contributed by atoms with Crippen LogP contribution in [0.4, 0.5) is 4.79 Å². The highest BCUT2D eigenvalue weighted by atomic mass is 16.6.